The van der Waals surface area contributed by atoms with Gasteiger partial charge in [-0.15, -0.1) is 0 Å². The molecule has 0 unspecified atom stereocenters. The number of aromatic nitrogens is 2. The second-order valence-electron chi connectivity index (χ2n) is 4.35. The molecule has 0 atom stereocenters. The summed E-state index contributed by atoms with van der Waals surface area (Å²) in [6.07, 6.45) is 0. The summed E-state index contributed by atoms with van der Waals surface area (Å²) in [5.41, 5.74) is 11.4. The van der Waals surface area contributed by atoms with Gasteiger partial charge in [-0.2, -0.15) is 4.98 Å². The van der Waals surface area contributed by atoms with E-state index >= 15 is 0 Å². The van der Waals surface area contributed by atoms with Gasteiger partial charge in [0, 0.05) is 5.56 Å². The molecule has 0 radical (unpaired) electrons. The van der Waals surface area contributed by atoms with Crippen LogP contribution in [0.1, 0.15) is 28.1 Å². The van der Waals surface area contributed by atoms with E-state index in [9.17, 15) is 0 Å². The van der Waals surface area contributed by atoms with Gasteiger partial charge < -0.3 is 10.3 Å². The lowest BCUT2D eigenvalue weighted by Crippen LogP contribution is -1.98. The average molecular weight is 231 g/mol. The van der Waals surface area contributed by atoms with E-state index in [0.717, 1.165) is 5.56 Å². The van der Waals surface area contributed by atoms with Gasteiger partial charge in [-0.25, -0.2) is 0 Å². The molecule has 0 saturated carbocycles. The van der Waals surface area contributed by atoms with Crippen LogP contribution in [0, 0.1) is 27.7 Å². The normalized spacial score (nSPS) is 10.9. The van der Waals surface area contributed by atoms with Crippen molar-refractivity contribution >= 4 is 0 Å². The van der Waals surface area contributed by atoms with E-state index in [2.05, 4.69) is 43.9 Å². The lowest BCUT2D eigenvalue weighted by molar-refractivity contribution is 0.380. The van der Waals surface area contributed by atoms with Crippen LogP contribution in [0.15, 0.2) is 10.6 Å². The lowest BCUT2D eigenvalue weighted by atomic mass is 9.94. The maximum atomic E-state index is 5.48. The van der Waals surface area contributed by atoms with Crippen molar-refractivity contribution in [2.75, 3.05) is 0 Å². The van der Waals surface area contributed by atoms with Crippen LogP contribution in [0.3, 0.4) is 0 Å². The zero-order valence-corrected chi connectivity index (χ0v) is 10.7. The highest BCUT2D eigenvalue weighted by molar-refractivity contribution is 5.67. The Morgan fingerprint density at radius 2 is 1.71 bits per heavy atom. The average Bonchev–Trinajstić information content (AvgIpc) is 2.75. The van der Waals surface area contributed by atoms with Crippen molar-refractivity contribution in [1.82, 2.24) is 10.1 Å². The van der Waals surface area contributed by atoms with Gasteiger partial charge in [0.1, 0.15) is 0 Å². The molecule has 0 amide bonds. The molecular formula is C13H17N3O. The topological polar surface area (TPSA) is 64.9 Å². The molecule has 0 spiro atoms. The standard InChI is InChI=1S/C13H17N3O/c1-7-5-8(2)10(4)12(9(7)3)13-15-11(6-14)17-16-13/h5H,6,14H2,1-4H3. The summed E-state index contributed by atoms with van der Waals surface area (Å²) < 4.78 is 5.07. The first kappa shape index (κ1) is 11.8. The first-order valence-corrected chi connectivity index (χ1v) is 5.65. The third-order valence-corrected chi connectivity index (χ3v) is 3.23. The van der Waals surface area contributed by atoms with Crippen LogP contribution in [0.25, 0.3) is 11.4 Å². The van der Waals surface area contributed by atoms with Crippen molar-refractivity contribution in [2.45, 2.75) is 34.2 Å². The molecule has 1 aromatic carbocycles. The van der Waals surface area contributed by atoms with Gasteiger partial charge in [0.15, 0.2) is 0 Å². The van der Waals surface area contributed by atoms with Crippen LogP contribution in [-0.4, -0.2) is 10.1 Å². The zero-order chi connectivity index (χ0) is 12.6. The molecule has 0 saturated heterocycles. The molecule has 0 aliphatic heterocycles. The summed E-state index contributed by atoms with van der Waals surface area (Å²) in [5.74, 6) is 1.10. The molecule has 4 heteroatoms. The van der Waals surface area contributed by atoms with Gasteiger partial charge in [-0.05, 0) is 49.9 Å². The van der Waals surface area contributed by atoms with Crippen molar-refractivity contribution in [2.24, 2.45) is 5.73 Å². The van der Waals surface area contributed by atoms with E-state index in [1.165, 1.54) is 22.3 Å². The van der Waals surface area contributed by atoms with Gasteiger partial charge >= 0.3 is 0 Å². The van der Waals surface area contributed by atoms with Crippen molar-refractivity contribution in [3.63, 3.8) is 0 Å². The quantitative estimate of drug-likeness (QED) is 0.862. The molecule has 1 aromatic heterocycles. The third kappa shape index (κ3) is 1.96. The highest BCUT2D eigenvalue weighted by Gasteiger charge is 2.15. The Morgan fingerprint density at radius 3 is 2.18 bits per heavy atom. The Bertz CT molecular complexity index is 532. The second kappa shape index (κ2) is 4.30. The Balaban J connectivity index is 2.65. The second-order valence-corrected chi connectivity index (χ2v) is 4.35. The Labute approximate surface area is 101 Å². The largest absolute Gasteiger partial charge is 0.338 e. The van der Waals surface area contributed by atoms with Crippen LogP contribution in [-0.2, 0) is 6.54 Å². The van der Waals surface area contributed by atoms with Crippen LogP contribution < -0.4 is 5.73 Å². The maximum absolute atomic E-state index is 5.48. The van der Waals surface area contributed by atoms with Crippen molar-refractivity contribution in [3.8, 4) is 11.4 Å². The molecule has 17 heavy (non-hydrogen) atoms. The smallest absolute Gasteiger partial charge is 0.240 e. The number of rotatable bonds is 2. The molecule has 1 heterocycles. The summed E-state index contributed by atoms with van der Waals surface area (Å²) in [6.45, 7) is 8.62. The highest BCUT2D eigenvalue weighted by Crippen LogP contribution is 2.29. The summed E-state index contributed by atoms with van der Waals surface area (Å²) >= 11 is 0. The van der Waals surface area contributed by atoms with E-state index in [4.69, 9.17) is 10.3 Å². The van der Waals surface area contributed by atoms with E-state index in [1.54, 1.807) is 0 Å². The first-order valence-electron chi connectivity index (χ1n) is 5.65. The fraction of sp³-hybridized carbons (Fsp3) is 0.385. The number of benzene rings is 1. The van der Waals surface area contributed by atoms with Crippen molar-refractivity contribution < 1.29 is 4.52 Å². The number of nitrogens with two attached hydrogens (primary N) is 1. The van der Waals surface area contributed by atoms with Crippen LogP contribution >= 0.6 is 0 Å². The number of aryl methyl sites for hydroxylation is 2. The number of hydrogen-bond acceptors (Lipinski definition) is 4. The zero-order valence-electron chi connectivity index (χ0n) is 10.7. The Kier molecular flexibility index (Phi) is 2.98. The highest BCUT2D eigenvalue weighted by atomic mass is 16.5. The molecule has 2 rings (SSSR count). The Morgan fingerprint density at radius 1 is 1.12 bits per heavy atom. The van der Waals surface area contributed by atoms with Crippen molar-refractivity contribution in [3.05, 3.63) is 34.2 Å². The summed E-state index contributed by atoms with van der Waals surface area (Å²) in [5, 5.41) is 4.00. The van der Waals surface area contributed by atoms with E-state index in [1.807, 2.05) is 0 Å². The monoisotopic (exact) mass is 231 g/mol. The van der Waals surface area contributed by atoms with E-state index in [-0.39, 0.29) is 6.54 Å². The first-order chi connectivity index (χ1) is 8.04. The summed E-state index contributed by atoms with van der Waals surface area (Å²) in [6, 6.07) is 2.18. The van der Waals surface area contributed by atoms with Gasteiger partial charge in [0.05, 0.1) is 6.54 Å². The molecule has 2 N–H and O–H groups in total. The third-order valence-electron chi connectivity index (χ3n) is 3.23. The van der Waals surface area contributed by atoms with Gasteiger partial charge in [-0.3, -0.25) is 0 Å². The molecule has 90 valence electrons. The fourth-order valence-electron chi connectivity index (χ4n) is 1.99. The van der Waals surface area contributed by atoms with Crippen LogP contribution in [0.4, 0.5) is 0 Å². The SMILES string of the molecule is Cc1cc(C)c(C)c(-c2noc(CN)n2)c1C. The molecule has 4 nitrogen and oxygen atoms in total. The van der Waals surface area contributed by atoms with Crippen LogP contribution in [0.5, 0.6) is 0 Å². The number of hydrogen-bond donors (Lipinski definition) is 1. The fourth-order valence-corrected chi connectivity index (χ4v) is 1.99. The molecule has 0 aliphatic rings. The van der Waals surface area contributed by atoms with E-state index < -0.39 is 0 Å². The Hall–Kier alpha value is -1.68. The molecule has 0 bridgehead atoms. The minimum absolute atomic E-state index is 0.274. The summed E-state index contributed by atoms with van der Waals surface area (Å²) in [7, 11) is 0. The molecule has 0 aliphatic carbocycles. The van der Waals surface area contributed by atoms with Gasteiger partial charge in [-0.1, -0.05) is 11.2 Å². The van der Waals surface area contributed by atoms with Gasteiger partial charge in [0.25, 0.3) is 0 Å². The number of nitrogens with zero attached hydrogens (tertiary/aromatic N) is 2. The summed E-state index contributed by atoms with van der Waals surface area (Å²) in [4.78, 5) is 4.30. The van der Waals surface area contributed by atoms with Crippen molar-refractivity contribution in [1.29, 1.82) is 0 Å². The van der Waals surface area contributed by atoms with Gasteiger partial charge in [0.2, 0.25) is 11.7 Å². The minimum Gasteiger partial charge on any atom is -0.338 e. The van der Waals surface area contributed by atoms with E-state index in [0.29, 0.717) is 11.7 Å². The minimum atomic E-state index is 0.274. The van der Waals surface area contributed by atoms with Crippen LogP contribution in [0.2, 0.25) is 0 Å². The molecule has 0 fully saturated rings. The maximum Gasteiger partial charge on any atom is 0.240 e. The molecule has 2 aromatic rings. The predicted octanol–water partition coefficient (Wildman–Crippen LogP) is 2.43. The molecular weight excluding hydrogens is 214 g/mol. The lowest BCUT2D eigenvalue weighted by Gasteiger charge is -2.11. The predicted molar refractivity (Wildman–Crippen MR) is 66.6 cm³/mol.